The lowest BCUT2D eigenvalue weighted by Crippen LogP contribution is -2.03. The van der Waals surface area contributed by atoms with Crippen LogP contribution in [0.4, 0.5) is 11.5 Å². The summed E-state index contributed by atoms with van der Waals surface area (Å²) in [5, 5.41) is 15.4. The van der Waals surface area contributed by atoms with Gasteiger partial charge in [0.15, 0.2) is 0 Å². The molecule has 1 aromatic carbocycles. The van der Waals surface area contributed by atoms with Crippen molar-refractivity contribution in [1.29, 1.82) is 0 Å². The Balaban J connectivity index is 2.62. The highest BCUT2D eigenvalue weighted by Gasteiger charge is 2.28. The number of nitrogens with two attached hydrogens (primary N) is 1. The molecule has 0 unspecified atom stereocenters. The van der Waals surface area contributed by atoms with E-state index in [1.54, 1.807) is 0 Å². The predicted molar refractivity (Wildman–Crippen MR) is 73.5 cm³/mol. The molecule has 0 bridgehead atoms. The van der Waals surface area contributed by atoms with Crippen LogP contribution in [0.25, 0.3) is 5.69 Å². The highest BCUT2D eigenvalue weighted by atomic mass is 16.6. The van der Waals surface area contributed by atoms with Crippen molar-refractivity contribution in [2.45, 2.75) is 26.7 Å². The molecule has 1 heterocycles. The van der Waals surface area contributed by atoms with Gasteiger partial charge in [0.05, 0.1) is 10.6 Å². The van der Waals surface area contributed by atoms with Crippen LogP contribution in [0.2, 0.25) is 0 Å². The number of hydrogen-bond donors (Lipinski definition) is 1. The van der Waals surface area contributed by atoms with Crippen molar-refractivity contribution >= 4 is 11.5 Å². The first-order chi connectivity index (χ1) is 8.91. The molecule has 0 saturated heterocycles. The van der Waals surface area contributed by atoms with Gasteiger partial charge in [0.2, 0.25) is 5.82 Å². The molecular formula is C13H16N4O2. The molecule has 2 N–H and O–H groups in total. The van der Waals surface area contributed by atoms with Gasteiger partial charge in [-0.15, -0.1) is 0 Å². The fraction of sp³-hybridized carbons (Fsp3) is 0.308. The van der Waals surface area contributed by atoms with Gasteiger partial charge in [-0.1, -0.05) is 31.5 Å². The first-order valence-electron chi connectivity index (χ1n) is 6.01. The molecule has 0 radical (unpaired) electrons. The van der Waals surface area contributed by atoms with Crippen molar-refractivity contribution in [2.24, 2.45) is 0 Å². The summed E-state index contributed by atoms with van der Waals surface area (Å²) in [4.78, 5) is 10.6. The van der Waals surface area contributed by atoms with Gasteiger partial charge in [-0.2, -0.15) is 5.10 Å². The second-order valence-corrected chi connectivity index (χ2v) is 4.78. The fourth-order valence-electron chi connectivity index (χ4n) is 1.90. The van der Waals surface area contributed by atoms with Crippen molar-refractivity contribution in [3.05, 3.63) is 45.6 Å². The van der Waals surface area contributed by atoms with Crippen LogP contribution in [-0.4, -0.2) is 14.7 Å². The van der Waals surface area contributed by atoms with Crippen molar-refractivity contribution in [3.8, 4) is 5.69 Å². The molecule has 0 spiro atoms. The van der Waals surface area contributed by atoms with Gasteiger partial charge in [-0.25, -0.2) is 4.68 Å². The molecule has 1 aromatic heterocycles. The number of rotatable bonds is 3. The summed E-state index contributed by atoms with van der Waals surface area (Å²) in [5.41, 5.74) is 8.00. The van der Waals surface area contributed by atoms with Crippen molar-refractivity contribution in [3.63, 3.8) is 0 Å². The predicted octanol–water partition coefficient (Wildman–Crippen LogP) is 2.79. The van der Waals surface area contributed by atoms with Gasteiger partial charge < -0.3 is 5.73 Å². The smallest absolute Gasteiger partial charge is 0.334 e. The molecule has 2 aromatic rings. The summed E-state index contributed by atoms with van der Waals surface area (Å²) in [6.07, 6.45) is 0. The largest absolute Gasteiger partial charge is 0.378 e. The average molecular weight is 260 g/mol. The lowest BCUT2D eigenvalue weighted by Gasteiger charge is -2.03. The molecule has 0 aliphatic rings. The third-order valence-electron chi connectivity index (χ3n) is 2.93. The van der Waals surface area contributed by atoms with E-state index in [2.05, 4.69) is 5.10 Å². The molecule has 6 heteroatoms. The molecule has 0 aliphatic heterocycles. The number of anilines is 1. The van der Waals surface area contributed by atoms with E-state index in [9.17, 15) is 10.1 Å². The standard InChI is InChI=1S/C13H16N4O2/c1-8(2)11-12(17(18)19)13(14)16(15-11)10-6-4-9(3)5-7-10/h4-8H,14H2,1-3H3. The molecule has 6 nitrogen and oxygen atoms in total. The summed E-state index contributed by atoms with van der Waals surface area (Å²) in [6, 6.07) is 7.51. The number of nitro groups is 1. The zero-order valence-electron chi connectivity index (χ0n) is 11.1. The number of nitrogens with zero attached hydrogens (tertiary/aromatic N) is 3. The van der Waals surface area contributed by atoms with E-state index in [4.69, 9.17) is 5.73 Å². The summed E-state index contributed by atoms with van der Waals surface area (Å²) >= 11 is 0. The second-order valence-electron chi connectivity index (χ2n) is 4.78. The van der Waals surface area contributed by atoms with Gasteiger partial charge >= 0.3 is 5.69 Å². The summed E-state index contributed by atoms with van der Waals surface area (Å²) < 4.78 is 1.42. The van der Waals surface area contributed by atoms with Gasteiger partial charge in [-0.05, 0) is 19.1 Å². The van der Waals surface area contributed by atoms with E-state index in [1.807, 2.05) is 45.0 Å². The zero-order chi connectivity index (χ0) is 14.2. The minimum absolute atomic E-state index is 0.0607. The van der Waals surface area contributed by atoms with Crippen LogP contribution >= 0.6 is 0 Å². The number of benzene rings is 1. The van der Waals surface area contributed by atoms with Crippen molar-refractivity contribution in [1.82, 2.24) is 9.78 Å². The van der Waals surface area contributed by atoms with Crippen LogP contribution in [0.3, 0.4) is 0 Å². The molecule has 0 amide bonds. The van der Waals surface area contributed by atoms with Crippen LogP contribution < -0.4 is 5.73 Å². The van der Waals surface area contributed by atoms with E-state index in [0.717, 1.165) is 11.3 Å². The van der Waals surface area contributed by atoms with Gasteiger partial charge in [-0.3, -0.25) is 10.1 Å². The summed E-state index contributed by atoms with van der Waals surface area (Å²) in [5.74, 6) is 0.00644. The molecule has 0 atom stereocenters. The summed E-state index contributed by atoms with van der Waals surface area (Å²) in [7, 11) is 0. The Morgan fingerprint density at radius 1 is 1.32 bits per heavy atom. The molecule has 2 rings (SSSR count). The zero-order valence-corrected chi connectivity index (χ0v) is 11.1. The lowest BCUT2D eigenvalue weighted by molar-refractivity contribution is -0.384. The maximum absolute atomic E-state index is 11.1. The topological polar surface area (TPSA) is 87.0 Å². The Morgan fingerprint density at radius 3 is 2.32 bits per heavy atom. The molecule has 100 valence electrons. The van der Waals surface area contributed by atoms with E-state index in [1.165, 1.54) is 4.68 Å². The van der Waals surface area contributed by atoms with Gasteiger partial charge in [0.25, 0.3) is 0 Å². The molecule has 0 fully saturated rings. The van der Waals surface area contributed by atoms with Crippen LogP contribution in [0.5, 0.6) is 0 Å². The number of nitrogen functional groups attached to an aromatic ring is 1. The van der Waals surface area contributed by atoms with E-state index in [0.29, 0.717) is 5.69 Å². The Morgan fingerprint density at radius 2 is 1.89 bits per heavy atom. The first kappa shape index (κ1) is 13.1. The average Bonchev–Trinajstić information content (AvgIpc) is 2.68. The number of aryl methyl sites for hydroxylation is 1. The number of aromatic nitrogens is 2. The minimum atomic E-state index is -0.470. The lowest BCUT2D eigenvalue weighted by atomic mass is 10.1. The van der Waals surface area contributed by atoms with Gasteiger partial charge in [0.1, 0.15) is 5.69 Å². The minimum Gasteiger partial charge on any atom is -0.378 e. The van der Waals surface area contributed by atoms with E-state index < -0.39 is 4.92 Å². The van der Waals surface area contributed by atoms with Crippen LogP contribution in [0.15, 0.2) is 24.3 Å². The SMILES string of the molecule is Cc1ccc(-n2nc(C(C)C)c([N+](=O)[O-])c2N)cc1. The van der Waals surface area contributed by atoms with Crippen molar-refractivity contribution in [2.75, 3.05) is 5.73 Å². The van der Waals surface area contributed by atoms with Crippen LogP contribution in [0, 0.1) is 17.0 Å². The fourth-order valence-corrected chi connectivity index (χ4v) is 1.90. The Labute approximate surface area is 111 Å². The third kappa shape index (κ3) is 2.29. The van der Waals surface area contributed by atoms with Crippen LogP contribution in [-0.2, 0) is 0 Å². The van der Waals surface area contributed by atoms with E-state index in [-0.39, 0.29) is 17.4 Å². The molecule has 0 saturated carbocycles. The van der Waals surface area contributed by atoms with E-state index >= 15 is 0 Å². The highest BCUT2D eigenvalue weighted by Crippen LogP contribution is 2.32. The first-order valence-corrected chi connectivity index (χ1v) is 6.01. The third-order valence-corrected chi connectivity index (χ3v) is 2.93. The Bertz CT molecular complexity index is 614. The van der Waals surface area contributed by atoms with Crippen molar-refractivity contribution < 1.29 is 4.92 Å². The molecule has 0 aliphatic carbocycles. The maximum Gasteiger partial charge on any atom is 0.334 e. The Hall–Kier alpha value is -2.37. The maximum atomic E-state index is 11.1. The molecule has 19 heavy (non-hydrogen) atoms. The highest BCUT2D eigenvalue weighted by molar-refractivity contribution is 5.61. The number of hydrogen-bond acceptors (Lipinski definition) is 4. The summed E-state index contributed by atoms with van der Waals surface area (Å²) in [6.45, 7) is 5.68. The van der Waals surface area contributed by atoms with Crippen LogP contribution in [0.1, 0.15) is 31.0 Å². The normalized spacial score (nSPS) is 10.9. The Kier molecular flexibility index (Phi) is 3.25. The second kappa shape index (κ2) is 4.72. The quantitative estimate of drug-likeness (QED) is 0.679. The van der Waals surface area contributed by atoms with Gasteiger partial charge in [0, 0.05) is 5.92 Å². The molecular weight excluding hydrogens is 244 g/mol. The monoisotopic (exact) mass is 260 g/mol.